The van der Waals surface area contributed by atoms with Gasteiger partial charge in [0.05, 0.1) is 52.3 Å². The summed E-state index contributed by atoms with van der Waals surface area (Å²) in [4.78, 5) is 59.2. The average Bonchev–Trinajstić information content (AvgIpc) is 3.38. The number of carbonyl (C=O) groups excluding carboxylic acids is 4. The van der Waals surface area contributed by atoms with Crippen LogP contribution in [0.1, 0.15) is 59.5 Å². The van der Waals surface area contributed by atoms with E-state index in [1.165, 1.54) is 34.3 Å². The molecule has 254 valence electrons. The van der Waals surface area contributed by atoms with Gasteiger partial charge in [0.25, 0.3) is 11.8 Å². The van der Waals surface area contributed by atoms with Crippen LogP contribution in [-0.2, 0) is 20.4 Å². The molecule has 0 saturated carbocycles. The number of hydrogen-bond donors (Lipinski definition) is 4. The topological polar surface area (TPSA) is 165 Å². The molecule has 0 radical (unpaired) electrons. The lowest BCUT2D eigenvalue weighted by atomic mass is 9.86. The van der Waals surface area contributed by atoms with Gasteiger partial charge in [-0.15, -0.1) is 0 Å². The van der Waals surface area contributed by atoms with Crippen molar-refractivity contribution in [2.75, 3.05) is 40.3 Å². The number of pyridine rings is 2. The normalized spacial score (nSPS) is 15.3. The summed E-state index contributed by atoms with van der Waals surface area (Å²) < 4.78 is 27.3. The van der Waals surface area contributed by atoms with Crippen molar-refractivity contribution in [3.05, 3.63) is 107 Å². The maximum Gasteiger partial charge on any atom is 0.258 e. The Balaban J connectivity index is 0.000000191. The second-order valence-electron chi connectivity index (χ2n) is 12.4. The molecule has 0 aliphatic carbocycles. The molecule has 12 nitrogen and oxygen atoms in total. The Morgan fingerprint density at radius 2 is 1.14 bits per heavy atom. The second kappa shape index (κ2) is 13.5. The van der Waals surface area contributed by atoms with E-state index in [1.54, 1.807) is 50.2 Å². The highest BCUT2D eigenvalue weighted by Gasteiger charge is 2.44. The predicted octanol–water partition coefficient (Wildman–Crippen LogP) is 4.14. The number of nitrogens with one attached hydrogen (secondary N) is 2. The number of hydrogen-bond acceptors (Lipinski definition) is 8. The smallest absolute Gasteiger partial charge is 0.258 e. The molecular weight excluding hydrogens is 638 g/mol. The zero-order valence-electron chi connectivity index (χ0n) is 27.1. The molecule has 2 aromatic heterocycles. The Hall–Kier alpha value is -5.60. The van der Waals surface area contributed by atoms with Gasteiger partial charge >= 0.3 is 0 Å². The van der Waals surface area contributed by atoms with Gasteiger partial charge in [0.15, 0.2) is 11.6 Å². The number of benzene rings is 2. The molecule has 2 aliphatic heterocycles. The van der Waals surface area contributed by atoms with Gasteiger partial charge in [-0.3, -0.25) is 34.0 Å². The molecular formula is C35H34F2N6O6. The Kier molecular flexibility index (Phi) is 9.56. The highest BCUT2D eigenvalue weighted by atomic mass is 19.1. The number of β-amino-alcohol motifs (C(OH)–C–C–N with tert-alkyl or cyclic N) is 1. The van der Waals surface area contributed by atoms with Gasteiger partial charge in [0.1, 0.15) is 6.73 Å². The third-order valence-electron chi connectivity index (χ3n) is 8.50. The van der Waals surface area contributed by atoms with Crippen molar-refractivity contribution in [1.82, 2.24) is 9.97 Å². The first-order chi connectivity index (χ1) is 23.2. The van der Waals surface area contributed by atoms with E-state index in [1.807, 2.05) is 13.8 Å². The number of carbonyl (C=O) groups is 4. The molecule has 2 aromatic carbocycles. The number of rotatable bonds is 7. The summed E-state index contributed by atoms with van der Waals surface area (Å²) in [7, 11) is 0. The maximum atomic E-state index is 13.7. The van der Waals surface area contributed by atoms with Crippen LogP contribution in [0.3, 0.4) is 0 Å². The number of aromatic nitrogens is 2. The van der Waals surface area contributed by atoms with E-state index >= 15 is 0 Å². The summed E-state index contributed by atoms with van der Waals surface area (Å²) in [5.74, 6) is -2.97. The number of halogens is 2. The van der Waals surface area contributed by atoms with Gasteiger partial charge < -0.3 is 25.7 Å². The van der Waals surface area contributed by atoms with E-state index in [4.69, 9.17) is 0 Å². The van der Waals surface area contributed by atoms with Gasteiger partial charge in [0, 0.05) is 30.3 Å². The number of fused-ring (bicyclic) bond motifs is 2. The molecule has 4 amide bonds. The lowest BCUT2D eigenvalue weighted by Gasteiger charge is -2.19. The fourth-order valence-electron chi connectivity index (χ4n) is 5.82. The van der Waals surface area contributed by atoms with Gasteiger partial charge in [-0.2, -0.15) is 0 Å². The van der Waals surface area contributed by atoms with Crippen LogP contribution in [0.2, 0.25) is 0 Å². The average molecular weight is 673 g/mol. The summed E-state index contributed by atoms with van der Waals surface area (Å²) in [5, 5.41) is 23.9. The van der Waals surface area contributed by atoms with Gasteiger partial charge in [-0.05, 0) is 75.2 Å². The lowest BCUT2D eigenvalue weighted by molar-refractivity contribution is -0.123. The van der Waals surface area contributed by atoms with Crippen LogP contribution >= 0.6 is 0 Å². The first-order valence-corrected chi connectivity index (χ1v) is 15.2. The Morgan fingerprint density at radius 3 is 1.55 bits per heavy atom. The molecule has 0 spiro atoms. The van der Waals surface area contributed by atoms with Crippen molar-refractivity contribution in [2.45, 2.75) is 38.5 Å². The Morgan fingerprint density at radius 1 is 0.714 bits per heavy atom. The van der Waals surface area contributed by atoms with Crippen molar-refractivity contribution < 1.29 is 38.2 Å². The van der Waals surface area contributed by atoms with Crippen molar-refractivity contribution in [3.8, 4) is 0 Å². The minimum absolute atomic E-state index is 0.111. The van der Waals surface area contributed by atoms with Crippen LogP contribution in [0.15, 0.2) is 73.3 Å². The van der Waals surface area contributed by atoms with E-state index < -0.39 is 41.0 Å². The van der Waals surface area contributed by atoms with Crippen LogP contribution in [-0.4, -0.2) is 63.7 Å². The monoisotopic (exact) mass is 672 g/mol. The third-order valence-corrected chi connectivity index (χ3v) is 8.50. The van der Waals surface area contributed by atoms with Gasteiger partial charge in [-0.1, -0.05) is 12.1 Å². The van der Waals surface area contributed by atoms with Crippen molar-refractivity contribution >= 4 is 46.4 Å². The van der Waals surface area contributed by atoms with Crippen LogP contribution in [0.5, 0.6) is 0 Å². The van der Waals surface area contributed by atoms with Gasteiger partial charge in [0.2, 0.25) is 11.8 Å². The third kappa shape index (κ3) is 6.47. The Bertz CT molecular complexity index is 1970. The first kappa shape index (κ1) is 34.7. The zero-order chi connectivity index (χ0) is 35.7. The van der Waals surface area contributed by atoms with E-state index in [0.29, 0.717) is 22.7 Å². The molecule has 0 fully saturated rings. The second-order valence-corrected chi connectivity index (χ2v) is 12.4. The highest BCUT2D eigenvalue weighted by Crippen LogP contribution is 2.43. The molecule has 4 N–H and O–H groups in total. The SMILES string of the molecule is CC1(C)C(=O)N(CCO)c2cc(NC(=O)c3ccncc3F)ccc21.CC1(C)C(=O)N(CO)c2cc(NC(=O)c3ccncc3F)ccc21. The highest BCUT2D eigenvalue weighted by molar-refractivity contribution is 6.10. The fraction of sp³-hybridized carbons (Fsp3) is 0.257. The number of amides is 4. The number of aliphatic hydroxyl groups excluding tert-OH is 2. The molecule has 49 heavy (non-hydrogen) atoms. The lowest BCUT2D eigenvalue weighted by Crippen LogP contribution is -2.37. The molecule has 0 saturated heterocycles. The van der Waals surface area contributed by atoms with E-state index in [0.717, 1.165) is 23.5 Å². The zero-order valence-corrected chi connectivity index (χ0v) is 27.1. The predicted molar refractivity (Wildman–Crippen MR) is 177 cm³/mol. The molecule has 0 bridgehead atoms. The maximum absolute atomic E-state index is 13.7. The first-order valence-electron chi connectivity index (χ1n) is 15.2. The van der Waals surface area contributed by atoms with E-state index in [-0.39, 0.29) is 36.1 Å². The van der Waals surface area contributed by atoms with Gasteiger partial charge in [-0.25, -0.2) is 8.78 Å². The van der Waals surface area contributed by atoms with Crippen molar-refractivity contribution in [2.24, 2.45) is 0 Å². The summed E-state index contributed by atoms with van der Waals surface area (Å²) in [6, 6.07) is 12.6. The number of aliphatic hydroxyl groups is 2. The minimum atomic E-state index is -0.752. The minimum Gasteiger partial charge on any atom is -0.395 e. The molecule has 0 atom stereocenters. The molecule has 2 aliphatic rings. The summed E-state index contributed by atoms with van der Waals surface area (Å²) in [5.41, 5.74) is 1.89. The van der Waals surface area contributed by atoms with Crippen molar-refractivity contribution in [3.63, 3.8) is 0 Å². The number of nitrogens with zero attached hydrogens (tertiary/aromatic N) is 4. The molecule has 6 rings (SSSR count). The summed E-state index contributed by atoms with van der Waals surface area (Å²) in [6.07, 6.45) is 4.61. The van der Waals surface area contributed by atoms with E-state index in [2.05, 4.69) is 20.6 Å². The van der Waals surface area contributed by atoms with Crippen LogP contribution in [0.4, 0.5) is 31.5 Å². The summed E-state index contributed by atoms with van der Waals surface area (Å²) in [6.45, 7) is 6.73. The van der Waals surface area contributed by atoms with Crippen molar-refractivity contribution in [1.29, 1.82) is 0 Å². The van der Waals surface area contributed by atoms with Crippen LogP contribution < -0.4 is 20.4 Å². The standard InChI is InChI=1S/C18H18FN3O3.C17H16FN3O3/c1-18(2)13-4-3-11(9-15(13)22(7-8-23)17(18)25)21-16(24)12-5-6-20-10-14(12)19;1-17(2)12-4-3-10(7-14(12)21(9-22)16(17)24)20-15(23)11-5-6-19-8-13(11)18/h3-6,9-10,23H,7-8H2,1-2H3,(H,21,24);3-8,22H,9H2,1-2H3,(H,20,23). The van der Waals surface area contributed by atoms with Crippen LogP contribution in [0, 0.1) is 11.6 Å². The molecule has 14 heteroatoms. The molecule has 0 unspecified atom stereocenters. The quantitative estimate of drug-likeness (QED) is 0.228. The Labute approximate surface area is 280 Å². The molecule has 4 heterocycles. The van der Waals surface area contributed by atoms with E-state index in [9.17, 15) is 38.2 Å². The van der Waals surface area contributed by atoms with Crippen LogP contribution in [0.25, 0.3) is 0 Å². The largest absolute Gasteiger partial charge is 0.395 e. The molecule has 4 aromatic rings. The number of anilines is 4. The fourth-order valence-corrected chi connectivity index (χ4v) is 5.82. The summed E-state index contributed by atoms with van der Waals surface area (Å²) >= 11 is 0.